The molecule has 4 rings (SSSR count). The van der Waals surface area contributed by atoms with Gasteiger partial charge in [-0.3, -0.25) is 9.59 Å². The average molecular weight is 471 g/mol. The van der Waals surface area contributed by atoms with Gasteiger partial charge in [-0.1, -0.05) is 59.7 Å². The predicted octanol–water partition coefficient (Wildman–Crippen LogP) is 5.87. The van der Waals surface area contributed by atoms with Gasteiger partial charge in [0.1, 0.15) is 5.75 Å². The Kier molecular flexibility index (Phi) is 7.57. The van der Waals surface area contributed by atoms with E-state index >= 15 is 0 Å². The van der Waals surface area contributed by atoms with Crippen LogP contribution < -0.4 is 10.1 Å². The van der Waals surface area contributed by atoms with Crippen LogP contribution in [0, 0.1) is 13.8 Å². The van der Waals surface area contributed by atoms with E-state index in [-0.39, 0.29) is 12.8 Å². The molecule has 0 bridgehead atoms. The van der Waals surface area contributed by atoms with E-state index in [2.05, 4.69) is 10.3 Å². The second-order valence-electron chi connectivity index (χ2n) is 8.10. The summed E-state index contributed by atoms with van der Waals surface area (Å²) in [6, 6.07) is 22.6. The number of ether oxygens (including phenoxy) is 2. The minimum Gasteiger partial charge on any atom is -0.456 e. The molecular weight excluding hydrogens is 444 g/mol. The van der Waals surface area contributed by atoms with Gasteiger partial charge in [-0.2, -0.15) is 0 Å². The fourth-order valence-electron chi connectivity index (χ4n) is 3.28. The SMILES string of the molecule is Cc1ccc(Oc2ccccc2NC(=O)COC(=O)CCc2ncc(-c3ccc(C)cc3)o2)cc1. The Bertz CT molecular complexity index is 1290. The maximum atomic E-state index is 12.3. The van der Waals surface area contributed by atoms with Crippen molar-refractivity contribution in [3.8, 4) is 22.8 Å². The predicted molar refractivity (Wildman–Crippen MR) is 132 cm³/mol. The molecule has 7 heteroatoms. The Morgan fingerprint density at radius 1 is 0.914 bits per heavy atom. The second kappa shape index (κ2) is 11.2. The molecule has 0 aliphatic heterocycles. The van der Waals surface area contributed by atoms with E-state index < -0.39 is 18.5 Å². The zero-order valence-corrected chi connectivity index (χ0v) is 19.6. The van der Waals surface area contributed by atoms with Crippen LogP contribution in [0.3, 0.4) is 0 Å². The number of amides is 1. The first kappa shape index (κ1) is 23.8. The van der Waals surface area contributed by atoms with Crippen molar-refractivity contribution < 1.29 is 23.5 Å². The molecule has 0 aliphatic rings. The Hall–Kier alpha value is -4.39. The quantitative estimate of drug-likeness (QED) is 0.308. The van der Waals surface area contributed by atoms with Gasteiger partial charge in [0.25, 0.3) is 5.91 Å². The number of carbonyl (C=O) groups excluding carboxylic acids is 2. The standard InChI is InChI=1S/C28H26N2O5/c1-19-7-11-21(12-8-19)25-17-29-27(35-25)15-16-28(32)33-18-26(31)30-23-5-3-4-6-24(23)34-22-13-9-20(2)10-14-22/h3-14,17H,15-16,18H2,1-2H3,(H,30,31). The molecule has 0 aliphatic carbocycles. The van der Waals surface area contributed by atoms with Crippen LogP contribution in [0.4, 0.5) is 5.69 Å². The fourth-order valence-corrected chi connectivity index (χ4v) is 3.28. The second-order valence-corrected chi connectivity index (χ2v) is 8.10. The van der Waals surface area contributed by atoms with Crippen molar-refractivity contribution in [1.29, 1.82) is 0 Å². The number of aromatic nitrogens is 1. The fraction of sp³-hybridized carbons (Fsp3) is 0.179. The Morgan fingerprint density at radius 3 is 2.34 bits per heavy atom. The Labute approximate surface area is 203 Å². The molecule has 1 N–H and O–H groups in total. The van der Waals surface area contributed by atoms with Crippen LogP contribution in [0.25, 0.3) is 11.3 Å². The van der Waals surface area contributed by atoms with E-state index in [1.165, 1.54) is 0 Å². The lowest BCUT2D eigenvalue weighted by molar-refractivity contribution is -0.147. The van der Waals surface area contributed by atoms with Gasteiger partial charge in [0.2, 0.25) is 0 Å². The number of benzene rings is 3. The normalized spacial score (nSPS) is 10.6. The highest BCUT2D eigenvalue weighted by Crippen LogP contribution is 2.29. The molecule has 1 aromatic heterocycles. The van der Waals surface area contributed by atoms with Gasteiger partial charge in [-0.25, -0.2) is 4.98 Å². The number of para-hydroxylation sites is 2. The summed E-state index contributed by atoms with van der Waals surface area (Å²) >= 11 is 0. The van der Waals surface area contributed by atoms with Crippen molar-refractivity contribution in [2.45, 2.75) is 26.7 Å². The van der Waals surface area contributed by atoms with Gasteiger partial charge >= 0.3 is 5.97 Å². The number of carbonyl (C=O) groups is 2. The molecule has 4 aromatic rings. The van der Waals surface area contributed by atoms with Crippen LogP contribution in [0.2, 0.25) is 0 Å². The molecule has 0 fully saturated rings. The highest BCUT2D eigenvalue weighted by molar-refractivity contribution is 5.94. The lowest BCUT2D eigenvalue weighted by Gasteiger charge is -2.12. The summed E-state index contributed by atoms with van der Waals surface area (Å²) in [5.41, 5.74) is 3.68. The number of nitrogens with zero attached hydrogens (tertiary/aromatic N) is 1. The first-order chi connectivity index (χ1) is 17.0. The lowest BCUT2D eigenvalue weighted by Crippen LogP contribution is -2.21. The lowest BCUT2D eigenvalue weighted by atomic mass is 10.1. The summed E-state index contributed by atoms with van der Waals surface area (Å²) < 4.78 is 16.7. The first-order valence-electron chi connectivity index (χ1n) is 11.3. The molecule has 0 saturated carbocycles. The minimum atomic E-state index is -0.514. The average Bonchev–Trinajstić information content (AvgIpc) is 3.33. The zero-order chi connectivity index (χ0) is 24.6. The van der Waals surface area contributed by atoms with Gasteiger partial charge in [0.15, 0.2) is 24.0 Å². The van der Waals surface area contributed by atoms with E-state index in [0.29, 0.717) is 28.8 Å². The number of aryl methyl sites for hydroxylation is 3. The largest absolute Gasteiger partial charge is 0.456 e. The van der Waals surface area contributed by atoms with Crippen LogP contribution in [-0.4, -0.2) is 23.5 Å². The first-order valence-corrected chi connectivity index (χ1v) is 11.3. The molecule has 0 spiro atoms. The summed E-state index contributed by atoms with van der Waals surface area (Å²) in [4.78, 5) is 28.7. The Balaban J connectivity index is 1.24. The number of hydrogen-bond acceptors (Lipinski definition) is 6. The molecule has 7 nitrogen and oxygen atoms in total. The van der Waals surface area contributed by atoms with Gasteiger partial charge in [-0.05, 0) is 38.1 Å². The zero-order valence-electron chi connectivity index (χ0n) is 19.6. The van der Waals surface area contributed by atoms with Crippen molar-refractivity contribution >= 4 is 17.6 Å². The summed E-state index contributed by atoms with van der Waals surface area (Å²) in [6.45, 7) is 3.60. The van der Waals surface area contributed by atoms with Crippen LogP contribution in [0.1, 0.15) is 23.4 Å². The van der Waals surface area contributed by atoms with Gasteiger partial charge in [0.05, 0.1) is 18.3 Å². The molecule has 1 amide bonds. The van der Waals surface area contributed by atoms with E-state index in [9.17, 15) is 9.59 Å². The third kappa shape index (κ3) is 6.80. The van der Waals surface area contributed by atoms with E-state index in [1.807, 2.05) is 68.4 Å². The van der Waals surface area contributed by atoms with Crippen molar-refractivity contribution in [2.24, 2.45) is 0 Å². The maximum absolute atomic E-state index is 12.3. The molecule has 3 aromatic carbocycles. The topological polar surface area (TPSA) is 90.7 Å². The van der Waals surface area contributed by atoms with Crippen LogP contribution in [0.5, 0.6) is 11.5 Å². The smallest absolute Gasteiger partial charge is 0.306 e. The monoisotopic (exact) mass is 470 g/mol. The highest BCUT2D eigenvalue weighted by Gasteiger charge is 2.13. The van der Waals surface area contributed by atoms with E-state index in [4.69, 9.17) is 13.9 Å². The van der Waals surface area contributed by atoms with Crippen LogP contribution in [0.15, 0.2) is 83.4 Å². The van der Waals surface area contributed by atoms with E-state index in [0.717, 1.165) is 16.7 Å². The summed E-state index contributed by atoms with van der Waals surface area (Å²) in [6.07, 6.45) is 1.96. The highest BCUT2D eigenvalue weighted by atomic mass is 16.5. The van der Waals surface area contributed by atoms with Crippen molar-refractivity contribution in [3.63, 3.8) is 0 Å². The molecular formula is C28H26N2O5. The third-order valence-corrected chi connectivity index (χ3v) is 5.21. The summed E-state index contributed by atoms with van der Waals surface area (Å²) in [7, 11) is 0. The number of anilines is 1. The molecule has 178 valence electrons. The van der Waals surface area contributed by atoms with Crippen LogP contribution in [-0.2, 0) is 20.7 Å². The van der Waals surface area contributed by atoms with Crippen molar-refractivity contribution in [3.05, 3.63) is 96.0 Å². The van der Waals surface area contributed by atoms with Gasteiger partial charge < -0.3 is 19.2 Å². The van der Waals surface area contributed by atoms with Crippen LogP contribution >= 0.6 is 0 Å². The maximum Gasteiger partial charge on any atom is 0.306 e. The minimum absolute atomic E-state index is 0.0499. The van der Waals surface area contributed by atoms with Crippen molar-refractivity contribution in [1.82, 2.24) is 4.98 Å². The molecule has 0 atom stereocenters. The van der Waals surface area contributed by atoms with Crippen molar-refractivity contribution in [2.75, 3.05) is 11.9 Å². The number of rotatable bonds is 9. The number of esters is 1. The van der Waals surface area contributed by atoms with Gasteiger partial charge in [0, 0.05) is 12.0 Å². The molecule has 0 saturated heterocycles. The molecule has 35 heavy (non-hydrogen) atoms. The number of hydrogen-bond donors (Lipinski definition) is 1. The summed E-state index contributed by atoms with van der Waals surface area (Å²) in [5.74, 6) is 1.24. The molecule has 0 radical (unpaired) electrons. The summed E-state index contributed by atoms with van der Waals surface area (Å²) in [5, 5.41) is 2.72. The molecule has 1 heterocycles. The molecule has 0 unspecified atom stereocenters. The Morgan fingerprint density at radius 2 is 1.60 bits per heavy atom. The van der Waals surface area contributed by atoms with E-state index in [1.54, 1.807) is 24.4 Å². The number of oxazole rings is 1. The number of nitrogens with one attached hydrogen (secondary N) is 1. The van der Waals surface area contributed by atoms with Gasteiger partial charge in [-0.15, -0.1) is 0 Å². The third-order valence-electron chi connectivity index (χ3n) is 5.21.